The summed E-state index contributed by atoms with van der Waals surface area (Å²) in [6.45, 7) is 5.93. The molecule has 0 aliphatic heterocycles. The van der Waals surface area contributed by atoms with Gasteiger partial charge in [-0.2, -0.15) is 8.42 Å². The predicted molar refractivity (Wildman–Crippen MR) is 114 cm³/mol. The van der Waals surface area contributed by atoms with Gasteiger partial charge in [-0.15, -0.1) is 0 Å². The van der Waals surface area contributed by atoms with Crippen molar-refractivity contribution in [1.29, 1.82) is 0 Å². The number of unbranched alkanes of at least 4 members (excludes halogenated alkanes) is 5. The third-order valence-electron chi connectivity index (χ3n) is 4.31. The first-order chi connectivity index (χ1) is 13.3. The van der Waals surface area contributed by atoms with Gasteiger partial charge >= 0.3 is 0 Å². The number of aliphatic hydroxyl groups is 2. The molecule has 1 aromatic carbocycles. The van der Waals surface area contributed by atoms with E-state index in [-0.39, 0.29) is 18.1 Å². The second kappa shape index (κ2) is 16.9. The fourth-order valence-electron chi connectivity index (χ4n) is 2.82. The molecule has 164 valence electrons. The molecular weight excluding hydrogens is 378 g/mol. The lowest BCUT2D eigenvalue weighted by atomic mass is 10.0. The molecule has 0 saturated carbocycles. The maximum absolute atomic E-state index is 11.3. The third kappa shape index (κ3) is 15.0. The van der Waals surface area contributed by atoms with Crippen LogP contribution in [0.4, 0.5) is 0 Å². The summed E-state index contributed by atoms with van der Waals surface area (Å²) < 4.78 is 31.7. The van der Waals surface area contributed by atoms with Crippen LogP contribution in [0.25, 0.3) is 0 Å². The highest BCUT2D eigenvalue weighted by molar-refractivity contribution is 7.85. The first-order valence-corrected chi connectivity index (χ1v) is 11.7. The molecule has 0 aliphatic rings. The number of benzene rings is 1. The van der Waals surface area contributed by atoms with Gasteiger partial charge in [-0.3, -0.25) is 4.55 Å². The van der Waals surface area contributed by atoms with Crippen LogP contribution in [0.1, 0.15) is 64.4 Å². The molecule has 6 nitrogen and oxygen atoms in total. The minimum Gasteiger partial charge on any atom is -0.395 e. The first kappa shape index (κ1) is 27.0. The van der Waals surface area contributed by atoms with E-state index in [0.29, 0.717) is 19.5 Å². The highest BCUT2D eigenvalue weighted by Crippen LogP contribution is 2.18. The number of nitrogens with one attached hydrogen (secondary N) is 1. The van der Waals surface area contributed by atoms with Crippen molar-refractivity contribution in [3.63, 3.8) is 0 Å². The minimum atomic E-state index is -4.10. The van der Waals surface area contributed by atoms with Gasteiger partial charge in [0.15, 0.2) is 0 Å². The molecule has 1 rings (SSSR count). The summed E-state index contributed by atoms with van der Waals surface area (Å²) in [4.78, 5) is 0.0573. The van der Waals surface area contributed by atoms with Crippen molar-refractivity contribution >= 4 is 10.1 Å². The molecule has 0 radical (unpaired) electrons. The zero-order valence-corrected chi connectivity index (χ0v) is 18.3. The zero-order valence-electron chi connectivity index (χ0n) is 17.4. The molecule has 4 N–H and O–H groups in total. The van der Waals surface area contributed by atoms with E-state index < -0.39 is 10.1 Å². The topological polar surface area (TPSA) is 107 Å². The molecular formula is C21H39NO5S. The van der Waals surface area contributed by atoms with E-state index >= 15 is 0 Å². The molecule has 7 heteroatoms. The van der Waals surface area contributed by atoms with Crippen LogP contribution in [0.3, 0.4) is 0 Å². The van der Waals surface area contributed by atoms with Gasteiger partial charge in [0, 0.05) is 13.1 Å². The Morgan fingerprint density at radius 1 is 0.893 bits per heavy atom. The van der Waals surface area contributed by atoms with Crippen molar-refractivity contribution in [2.45, 2.75) is 70.1 Å². The molecule has 0 aliphatic carbocycles. The van der Waals surface area contributed by atoms with Gasteiger partial charge in [-0.05, 0) is 30.4 Å². The second-order valence-corrected chi connectivity index (χ2v) is 8.72. The van der Waals surface area contributed by atoms with Gasteiger partial charge in [-0.1, -0.05) is 70.6 Å². The average molecular weight is 418 g/mol. The summed E-state index contributed by atoms with van der Waals surface area (Å²) in [7, 11) is -4.10. The van der Waals surface area contributed by atoms with E-state index in [1.165, 1.54) is 38.2 Å². The standard InChI is InChI=1S/C17H28O3S.C4H11NO2/c1-15(2)11-7-5-3-4-6-8-12-16-13-9-10-14-17(16)21(18,19)20;6-3-1-5-2-4-7/h9-10,13-15H,3-8,11-12H2,1-2H3,(H,18,19,20);5-7H,1-4H2. The normalized spacial score (nSPS) is 11.4. The molecule has 0 spiro atoms. The van der Waals surface area contributed by atoms with E-state index in [2.05, 4.69) is 19.2 Å². The summed E-state index contributed by atoms with van der Waals surface area (Å²) in [6, 6.07) is 6.71. The largest absolute Gasteiger partial charge is 0.395 e. The summed E-state index contributed by atoms with van der Waals surface area (Å²) in [5.74, 6) is 0.793. The fourth-order valence-corrected chi connectivity index (χ4v) is 3.57. The second-order valence-electron chi connectivity index (χ2n) is 7.33. The van der Waals surface area contributed by atoms with Crippen LogP contribution >= 0.6 is 0 Å². The SMILES string of the molecule is CC(C)CCCCCCCCc1ccccc1S(=O)(=O)O.OCCNCCO. The van der Waals surface area contributed by atoms with Gasteiger partial charge in [0.2, 0.25) is 0 Å². The van der Waals surface area contributed by atoms with E-state index in [1.54, 1.807) is 12.1 Å². The van der Waals surface area contributed by atoms with Crippen molar-refractivity contribution in [3.8, 4) is 0 Å². The van der Waals surface area contributed by atoms with Crippen LogP contribution in [0.15, 0.2) is 29.2 Å². The Balaban J connectivity index is 0.000000887. The van der Waals surface area contributed by atoms with E-state index in [1.807, 2.05) is 6.07 Å². The maximum Gasteiger partial charge on any atom is 0.294 e. The van der Waals surface area contributed by atoms with Gasteiger partial charge < -0.3 is 15.5 Å². The summed E-state index contributed by atoms with van der Waals surface area (Å²) in [5.41, 5.74) is 0.722. The summed E-state index contributed by atoms with van der Waals surface area (Å²) in [6.07, 6.45) is 9.16. The summed E-state index contributed by atoms with van der Waals surface area (Å²) in [5, 5.41) is 19.1. The highest BCUT2D eigenvalue weighted by atomic mass is 32.2. The predicted octanol–water partition coefficient (Wildman–Crippen LogP) is 3.42. The molecule has 1 aromatic rings. The lowest BCUT2D eigenvalue weighted by molar-refractivity contribution is 0.266. The number of rotatable bonds is 14. The number of hydrogen-bond donors (Lipinski definition) is 4. The van der Waals surface area contributed by atoms with Crippen molar-refractivity contribution in [2.24, 2.45) is 5.92 Å². The van der Waals surface area contributed by atoms with Gasteiger partial charge in [0.1, 0.15) is 0 Å². The van der Waals surface area contributed by atoms with E-state index in [0.717, 1.165) is 24.3 Å². The average Bonchev–Trinajstić information content (AvgIpc) is 2.64. The third-order valence-corrected chi connectivity index (χ3v) is 5.26. The van der Waals surface area contributed by atoms with Crippen LogP contribution in [0.5, 0.6) is 0 Å². The Hall–Kier alpha value is -0.990. The molecule has 0 heterocycles. The number of aryl methyl sites for hydroxylation is 1. The van der Waals surface area contributed by atoms with Crippen LogP contribution < -0.4 is 5.32 Å². The fraction of sp³-hybridized carbons (Fsp3) is 0.714. The molecule has 0 amide bonds. The lowest BCUT2D eigenvalue weighted by Gasteiger charge is -2.07. The summed E-state index contributed by atoms with van der Waals surface area (Å²) >= 11 is 0. The molecule has 28 heavy (non-hydrogen) atoms. The van der Waals surface area contributed by atoms with Crippen molar-refractivity contribution in [2.75, 3.05) is 26.3 Å². The minimum absolute atomic E-state index is 0.0573. The van der Waals surface area contributed by atoms with E-state index in [4.69, 9.17) is 10.2 Å². The first-order valence-electron chi connectivity index (χ1n) is 10.3. The molecule has 0 aromatic heterocycles. The van der Waals surface area contributed by atoms with Crippen molar-refractivity contribution < 1.29 is 23.2 Å². The van der Waals surface area contributed by atoms with E-state index in [9.17, 15) is 13.0 Å². The smallest absolute Gasteiger partial charge is 0.294 e. The number of aliphatic hydroxyl groups excluding tert-OH is 2. The molecule has 0 unspecified atom stereocenters. The van der Waals surface area contributed by atoms with Crippen molar-refractivity contribution in [3.05, 3.63) is 29.8 Å². The van der Waals surface area contributed by atoms with Gasteiger partial charge in [0.25, 0.3) is 10.1 Å². The van der Waals surface area contributed by atoms with Crippen LogP contribution in [-0.2, 0) is 16.5 Å². The van der Waals surface area contributed by atoms with Gasteiger partial charge in [-0.25, -0.2) is 0 Å². The lowest BCUT2D eigenvalue weighted by Crippen LogP contribution is -2.21. The molecule has 0 saturated heterocycles. The Labute approximate surface area is 171 Å². The zero-order chi connectivity index (χ0) is 21.3. The quantitative estimate of drug-likeness (QED) is 0.273. The van der Waals surface area contributed by atoms with Gasteiger partial charge in [0.05, 0.1) is 18.1 Å². The Morgan fingerprint density at radius 2 is 1.43 bits per heavy atom. The number of hydrogen-bond acceptors (Lipinski definition) is 5. The monoisotopic (exact) mass is 417 g/mol. The Kier molecular flexibility index (Phi) is 16.3. The van der Waals surface area contributed by atoms with Crippen molar-refractivity contribution in [1.82, 2.24) is 5.32 Å². The highest BCUT2D eigenvalue weighted by Gasteiger charge is 2.13. The van der Waals surface area contributed by atoms with Crippen LogP contribution in [0, 0.1) is 5.92 Å². The van der Waals surface area contributed by atoms with Crippen LogP contribution in [-0.4, -0.2) is 49.5 Å². The molecule has 0 fully saturated rings. The maximum atomic E-state index is 11.3. The molecule has 0 atom stereocenters. The molecule has 0 bridgehead atoms. The Bertz CT molecular complexity index is 586. The Morgan fingerprint density at radius 3 is 1.96 bits per heavy atom. The van der Waals surface area contributed by atoms with Crippen LogP contribution in [0.2, 0.25) is 0 Å².